The van der Waals surface area contributed by atoms with E-state index in [0.29, 0.717) is 17.8 Å². The van der Waals surface area contributed by atoms with E-state index in [1.54, 1.807) is 90.6 Å². The van der Waals surface area contributed by atoms with Crippen LogP contribution in [0.4, 0.5) is 4.79 Å². The van der Waals surface area contributed by atoms with Crippen molar-refractivity contribution in [1.29, 1.82) is 0 Å². The van der Waals surface area contributed by atoms with Crippen molar-refractivity contribution in [3.05, 3.63) is 84.5 Å². The molecule has 0 aliphatic carbocycles. The molecule has 0 radical (unpaired) electrons. The van der Waals surface area contributed by atoms with Gasteiger partial charge in [-0.25, -0.2) is 14.8 Å². The Morgan fingerprint density at radius 3 is 2.31 bits per heavy atom. The number of nitrogens with one attached hydrogen (secondary N) is 1. The molecule has 0 saturated carbocycles. The van der Waals surface area contributed by atoms with Crippen LogP contribution in [0.15, 0.2) is 73.3 Å². The van der Waals surface area contributed by atoms with Gasteiger partial charge in [0.05, 0.1) is 24.5 Å². The number of cyclic esters (lactones) is 1. The number of nitrogens with two attached hydrogens (primary N) is 1. The number of Topliss-reactive ketones (excluding diaryl/α,β-unsaturated/α-hetero) is 1. The summed E-state index contributed by atoms with van der Waals surface area (Å²) in [6, 6.07) is 11.7. The molecule has 3 N–H and O–H groups in total. The van der Waals surface area contributed by atoms with Gasteiger partial charge in [0.25, 0.3) is 6.47 Å². The minimum atomic E-state index is -1.67. The molecule has 17 nitrogen and oxygen atoms in total. The predicted octanol–water partition coefficient (Wildman–Crippen LogP) is 6.13. The number of alkyl carbamates (subject to hydrolysis) is 1. The number of ketones is 1. The molecule has 2 fully saturated rings. The van der Waals surface area contributed by atoms with Crippen LogP contribution in [0.3, 0.4) is 0 Å². The number of rotatable bonds is 14. The second-order valence-corrected chi connectivity index (χ2v) is 18.9. The maximum atomic E-state index is 14.6. The molecule has 5 rings (SSSR count). The zero-order chi connectivity index (χ0) is 49.8. The molecule has 4 heterocycles. The van der Waals surface area contributed by atoms with Gasteiger partial charge in [-0.05, 0) is 84.3 Å². The zero-order valence-corrected chi connectivity index (χ0v) is 41.0. The highest BCUT2D eigenvalue weighted by atomic mass is 16.7. The van der Waals surface area contributed by atoms with Crippen molar-refractivity contribution in [3.63, 3.8) is 0 Å². The van der Waals surface area contributed by atoms with Crippen LogP contribution < -0.4 is 11.1 Å². The van der Waals surface area contributed by atoms with Gasteiger partial charge in [-0.2, -0.15) is 0 Å². The summed E-state index contributed by atoms with van der Waals surface area (Å²) in [6.45, 7) is 13.8. The maximum Gasteiger partial charge on any atom is 0.408 e. The fourth-order valence-corrected chi connectivity index (χ4v) is 9.55. The molecule has 17 heteroatoms. The third kappa shape index (κ3) is 13.5. The van der Waals surface area contributed by atoms with E-state index in [4.69, 9.17) is 34.2 Å². The number of esters is 2. The third-order valence-corrected chi connectivity index (χ3v) is 13.4. The lowest BCUT2D eigenvalue weighted by atomic mass is 9.73. The first-order chi connectivity index (χ1) is 32.3. The molecule has 68 heavy (non-hydrogen) atoms. The standard InChI is InChI=1S/C51H70N6O11/c1-11-40-51(8,63-30-58)45(52)33(4)43(60)31(2)28-50(7,68-49(62)56-22-13-15-36-17-19-38(20-18-36)47-54-23-14-24-55-47)46(67-42-27-39(57(9)10)25-32(3)64-42)34(5)44(35(6)48(61)65-40)66-41(59)26-37-16-12-21-53-29-37/h12-21,23-24,29-35,39-40,42,44-46H,11,22,25-28,52H2,1-10H3,(H,56,62)/b15-13+/t31-,32-,33+,34+,35-,39+,40-,42+,44+,45-,46-,50-,51-/m1/s1. The minimum absolute atomic E-state index is 0.0569. The zero-order valence-electron chi connectivity index (χ0n) is 41.0. The van der Waals surface area contributed by atoms with Gasteiger partial charge >= 0.3 is 18.0 Å². The van der Waals surface area contributed by atoms with E-state index in [1.165, 1.54) is 6.92 Å². The minimum Gasteiger partial charge on any atom is -0.461 e. The molecule has 0 spiro atoms. The van der Waals surface area contributed by atoms with Crippen LogP contribution in [-0.4, -0.2) is 125 Å². The normalized spacial score (nSPS) is 31.9. The summed E-state index contributed by atoms with van der Waals surface area (Å²) in [5, 5.41) is 2.82. The van der Waals surface area contributed by atoms with Gasteiger partial charge in [0.1, 0.15) is 29.7 Å². The van der Waals surface area contributed by atoms with Gasteiger partial charge in [0.15, 0.2) is 17.7 Å². The highest BCUT2D eigenvalue weighted by Crippen LogP contribution is 2.40. The van der Waals surface area contributed by atoms with Gasteiger partial charge in [-0.3, -0.25) is 24.2 Å². The third-order valence-electron chi connectivity index (χ3n) is 13.4. The quantitative estimate of drug-likeness (QED) is 0.105. The largest absolute Gasteiger partial charge is 0.461 e. The summed E-state index contributed by atoms with van der Waals surface area (Å²) in [7, 11) is 3.95. The summed E-state index contributed by atoms with van der Waals surface area (Å²) in [5.74, 6) is -5.06. The molecule has 0 unspecified atom stereocenters. The number of hydrogen-bond acceptors (Lipinski definition) is 16. The van der Waals surface area contributed by atoms with Crippen molar-refractivity contribution >= 4 is 36.4 Å². The fourth-order valence-electron chi connectivity index (χ4n) is 9.55. The maximum absolute atomic E-state index is 14.6. The number of carbonyl (C=O) groups excluding carboxylic acids is 5. The van der Waals surface area contributed by atoms with E-state index in [2.05, 4.69) is 25.2 Å². The van der Waals surface area contributed by atoms with Crippen LogP contribution in [0.2, 0.25) is 0 Å². The van der Waals surface area contributed by atoms with E-state index in [-0.39, 0.29) is 50.2 Å². The van der Waals surface area contributed by atoms with Crippen molar-refractivity contribution in [2.75, 3.05) is 20.6 Å². The molecule has 0 bridgehead atoms. The second-order valence-electron chi connectivity index (χ2n) is 18.9. The van der Waals surface area contributed by atoms with E-state index in [1.807, 2.05) is 51.4 Å². The van der Waals surface area contributed by atoms with Crippen molar-refractivity contribution < 1.29 is 52.4 Å². The summed E-state index contributed by atoms with van der Waals surface area (Å²) in [5.41, 5.74) is 5.83. The highest BCUT2D eigenvalue weighted by molar-refractivity contribution is 5.84. The summed E-state index contributed by atoms with van der Waals surface area (Å²) >= 11 is 0. The van der Waals surface area contributed by atoms with E-state index in [9.17, 15) is 24.0 Å². The Balaban J connectivity index is 1.56. The highest BCUT2D eigenvalue weighted by Gasteiger charge is 2.54. The second kappa shape index (κ2) is 24.1. The lowest BCUT2D eigenvalue weighted by Crippen LogP contribution is -2.62. The number of pyridine rings is 1. The van der Waals surface area contributed by atoms with Crippen LogP contribution in [-0.2, 0) is 54.0 Å². The van der Waals surface area contributed by atoms with Crippen molar-refractivity contribution in [3.8, 4) is 11.4 Å². The number of hydrogen-bond donors (Lipinski definition) is 2. The van der Waals surface area contributed by atoms with Crippen LogP contribution in [0.25, 0.3) is 17.5 Å². The molecule has 2 aromatic heterocycles. The molecule has 2 saturated heterocycles. The molecular weight excluding hydrogens is 873 g/mol. The first-order valence-electron chi connectivity index (χ1n) is 23.5. The molecule has 1 amide bonds. The Morgan fingerprint density at radius 2 is 1.68 bits per heavy atom. The fraction of sp³-hybridized carbons (Fsp3) is 0.569. The van der Waals surface area contributed by atoms with Crippen molar-refractivity contribution in [2.24, 2.45) is 29.4 Å². The molecule has 2 aliphatic heterocycles. The lowest BCUT2D eigenvalue weighted by Gasteiger charge is -2.47. The first kappa shape index (κ1) is 53.3. The van der Waals surface area contributed by atoms with Gasteiger partial charge in [-0.1, -0.05) is 70.2 Å². The van der Waals surface area contributed by atoms with E-state index in [0.717, 1.165) is 17.5 Å². The van der Waals surface area contributed by atoms with Gasteiger partial charge in [0.2, 0.25) is 0 Å². The van der Waals surface area contributed by atoms with Gasteiger partial charge < -0.3 is 44.4 Å². The number of ether oxygens (including phenoxy) is 6. The Labute approximate surface area is 400 Å². The monoisotopic (exact) mass is 943 g/mol. The topological polar surface area (TPSA) is 221 Å². The average Bonchev–Trinajstić information content (AvgIpc) is 3.32. The summed E-state index contributed by atoms with van der Waals surface area (Å²) in [4.78, 5) is 84.1. The number of carbonyl (C=O) groups is 5. The number of nitrogens with zero attached hydrogens (tertiary/aromatic N) is 4. The Morgan fingerprint density at radius 1 is 0.971 bits per heavy atom. The Bertz CT molecular complexity index is 2160. The summed E-state index contributed by atoms with van der Waals surface area (Å²) in [6.07, 6.45) is 5.72. The molecule has 2 aliphatic rings. The van der Waals surface area contributed by atoms with Gasteiger partial charge in [0, 0.05) is 67.1 Å². The lowest BCUT2D eigenvalue weighted by molar-refractivity contribution is -0.267. The molecule has 13 atom stereocenters. The number of aromatic nitrogens is 3. The van der Waals surface area contributed by atoms with Crippen LogP contribution in [0.5, 0.6) is 0 Å². The van der Waals surface area contributed by atoms with Gasteiger partial charge in [-0.15, -0.1) is 0 Å². The molecular formula is C51H70N6O11. The smallest absolute Gasteiger partial charge is 0.408 e. The van der Waals surface area contributed by atoms with Crippen LogP contribution >= 0.6 is 0 Å². The number of benzene rings is 1. The Kier molecular flexibility index (Phi) is 18.9. The number of amides is 1. The van der Waals surface area contributed by atoms with Crippen molar-refractivity contribution in [2.45, 2.75) is 141 Å². The van der Waals surface area contributed by atoms with E-state index >= 15 is 0 Å². The summed E-state index contributed by atoms with van der Waals surface area (Å²) < 4.78 is 38.0. The molecule has 1 aromatic carbocycles. The molecule has 3 aromatic rings. The SMILES string of the molecule is CC[C@H]1OC(=O)[C@H](C)[C@@H](OC(=O)Cc2cccnc2)[C@H](C)[C@@H](O[C@H]2C[C@@H](N(C)C)C[C@@H](C)O2)[C@](C)(OC(=O)NC/C=C/c2ccc(-c3ncccn3)cc2)C[C@@H](C)C(=O)[C@H](C)[C@@H](N)[C@]1(C)OC=O. The average molecular weight is 943 g/mol. The van der Waals surface area contributed by atoms with E-state index < -0.39 is 83.5 Å². The predicted molar refractivity (Wildman–Crippen MR) is 253 cm³/mol. The van der Waals surface area contributed by atoms with Crippen LogP contribution in [0, 0.1) is 23.7 Å². The first-order valence-corrected chi connectivity index (χ1v) is 23.5. The van der Waals surface area contributed by atoms with Crippen LogP contribution in [0.1, 0.15) is 92.2 Å². The Hall–Kier alpha value is -5.62. The van der Waals surface area contributed by atoms with Crippen molar-refractivity contribution in [1.82, 2.24) is 25.2 Å². The molecule has 370 valence electrons.